The highest BCUT2D eigenvalue weighted by molar-refractivity contribution is 8.00. The Kier molecular flexibility index (Phi) is 9.19. The van der Waals surface area contributed by atoms with Gasteiger partial charge in [-0.1, -0.05) is 12.0 Å². The SMILES string of the molecule is CN1CCN(Cc2ccc(NC(=O)c3cncc(C#Cc4cnc(/C=C\C=N)[nH]4)c3)cc2SC(F)(F)F)CC1. The molecular formula is C27H26F3N7OS. The van der Waals surface area contributed by atoms with E-state index in [1.165, 1.54) is 24.5 Å². The predicted molar refractivity (Wildman–Crippen MR) is 146 cm³/mol. The molecular weight excluding hydrogens is 527 g/mol. The molecule has 8 nitrogen and oxygen atoms in total. The van der Waals surface area contributed by atoms with Gasteiger partial charge in [-0.2, -0.15) is 13.2 Å². The minimum Gasteiger partial charge on any atom is -0.332 e. The maximum atomic E-state index is 13.3. The smallest absolute Gasteiger partial charge is 0.332 e. The number of aromatic nitrogens is 3. The van der Waals surface area contributed by atoms with Crippen molar-refractivity contribution < 1.29 is 18.0 Å². The number of pyridine rings is 1. The number of aromatic amines is 1. The fourth-order valence-electron chi connectivity index (χ4n) is 3.83. The van der Waals surface area contributed by atoms with E-state index in [9.17, 15) is 18.0 Å². The van der Waals surface area contributed by atoms with Gasteiger partial charge in [-0.3, -0.25) is 14.7 Å². The second kappa shape index (κ2) is 12.8. The Balaban J connectivity index is 1.47. The van der Waals surface area contributed by atoms with Crippen molar-refractivity contribution in [2.45, 2.75) is 16.9 Å². The lowest BCUT2D eigenvalue weighted by atomic mass is 10.1. The number of halogens is 3. The van der Waals surface area contributed by atoms with Crippen molar-refractivity contribution in [3.05, 3.63) is 77.1 Å². The molecule has 0 radical (unpaired) electrons. The summed E-state index contributed by atoms with van der Waals surface area (Å²) in [5.74, 6) is 5.84. The van der Waals surface area contributed by atoms with Crippen LogP contribution in [0.2, 0.25) is 0 Å². The number of alkyl halides is 3. The number of nitrogens with zero attached hydrogens (tertiary/aromatic N) is 4. The number of hydrogen-bond acceptors (Lipinski definition) is 7. The van der Waals surface area contributed by atoms with E-state index in [-0.39, 0.29) is 27.9 Å². The Labute approximate surface area is 228 Å². The lowest BCUT2D eigenvalue weighted by Crippen LogP contribution is -2.43. The van der Waals surface area contributed by atoms with E-state index < -0.39 is 11.4 Å². The van der Waals surface area contributed by atoms with E-state index in [0.717, 1.165) is 32.4 Å². The van der Waals surface area contributed by atoms with Gasteiger partial charge in [0, 0.05) is 67.5 Å². The summed E-state index contributed by atoms with van der Waals surface area (Å²) in [6.45, 7) is 3.68. The predicted octanol–water partition coefficient (Wildman–Crippen LogP) is 4.48. The number of anilines is 1. The summed E-state index contributed by atoms with van der Waals surface area (Å²) in [4.78, 5) is 28.4. The van der Waals surface area contributed by atoms with E-state index >= 15 is 0 Å². The Hall–Kier alpha value is -3.92. The normalized spacial score (nSPS) is 14.7. The molecule has 4 rings (SSSR count). The van der Waals surface area contributed by atoms with E-state index in [2.05, 4.69) is 41.9 Å². The van der Waals surface area contributed by atoms with Gasteiger partial charge in [0.15, 0.2) is 0 Å². The highest BCUT2D eigenvalue weighted by Crippen LogP contribution is 2.40. The van der Waals surface area contributed by atoms with Gasteiger partial charge in [0.1, 0.15) is 11.5 Å². The van der Waals surface area contributed by atoms with E-state index in [0.29, 0.717) is 29.2 Å². The highest BCUT2D eigenvalue weighted by Gasteiger charge is 2.31. The van der Waals surface area contributed by atoms with Gasteiger partial charge in [-0.25, -0.2) is 4.98 Å². The number of rotatable bonds is 7. The number of allylic oxidation sites excluding steroid dienone is 1. The molecule has 202 valence electrons. The first-order chi connectivity index (χ1) is 18.7. The summed E-state index contributed by atoms with van der Waals surface area (Å²) in [5.41, 5.74) is -2.40. The largest absolute Gasteiger partial charge is 0.446 e. The summed E-state index contributed by atoms with van der Waals surface area (Å²) < 4.78 is 40.0. The third-order valence-electron chi connectivity index (χ3n) is 5.83. The number of thioether (sulfide) groups is 1. The standard InChI is InChI=1S/C27H26F3N7OS/c1-36-9-11-37(12-10-36)18-20-5-7-22(14-24(20)39-27(28,29)30)35-26(38)21-13-19(15-32-16-21)4-6-23-17-33-25(34-23)3-2-8-31/h2-3,5,7-8,13-17,31H,9-12,18H2,1H3,(H,33,34)(H,35,38)/b3-2-,31-8?. The average Bonchev–Trinajstić information content (AvgIpc) is 3.36. The van der Waals surface area contributed by atoms with Crippen LogP contribution in [0.1, 0.15) is 33.0 Å². The van der Waals surface area contributed by atoms with Crippen LogP contribution in [0.4, 0.5) is 18.9 Å². The van der Waals surface area contributed by atoms with Gasteiger partial charge in [-0.05, 0) is 60.6 Å². The van der Waals surface area contributed by atoms with Crippen LogP contribution in [0, 0.1) is 17.3 Å². The number of likely N-dealkylation sites (N-methyl/N-ethyl adjacent to an activating group) is 1. The number of nitrogens with one attached hydrogen (secondary N) is 3. The van der Waals surface area contributed by atoms with Crippen molar-refractivity contribution in [3.8, 4) is 11.8 Å². The van der Waals surface area contributed by atoms with Crippen LogP contribution in [0.5, 0.6) is 0 Å². The lowest BCUT2D eigenvalue weighted by Gasteiger charge is -2.32. The highest BCUT2D eigenvalue weighted by atomic mass is 32.2. The first-order valence-electron chi connectivity index (χ1n) is 12.0. The zero-order chi connectivity index (χ0) is 27.8. The topological polar surface area (TPSA) is 101 Å². The molecule has 1 saturated heterocycles. The van der Waals surface area contributed by atoms with Crippen LogP contribution < -0.4 is 5.32 Å². The molecule has 3 aromatic rings. The quantitative estimate of drug-likeness (QED) is 0.227. The molecule has 12 heteroatoms. The summed E-state index contributed by atoms with van der Waals surface area (Å²) in [5, 5.41) is 9.69. The molecule has 0 bridgehead atoms. The van der Waals surface area contributed by atoms with E-state index in [1.54, 1.807) is 30.5 Å². The first kappa shape index (κ1) is 28.1. The summed E-state index contributed by atoms with van der Waals surface area (Å²) >= 11 is -0.176. The molecule has 0 spiro atoms. The molecule has 1 amide bonds. The van der Waals surface area contributed by atoms with E-state index in [1.807, 2.05) is 7.05 Å². The molecule has 1 fully saturated rings. The Morgan fingerprint density at radius 2 is 1.97 bits per heavy atom. The van der Waals surface area contributed by atoms with Crippen LogP contribution in [0.15, 0.2) is 53.8 Å². The van der Waals surface area contributed by atoms with Crippen LogP contribution in [-0.2, 0) is 6.54 Å². The van der Waals surface area contributed by atoms with Crippen molar-refractivity contribution in [1.29, 1.82) is 5.41 Å². The Morgan fingerprint density at radius 1 is 1.18 bits per heavy atom. The van der Waals surface area contributed by atoms with Gasteiger partial charge in [0.25, 0.3) is 5.91 Å². The molecule has 0 unspecified atom stereocenters. The van der Waals surface area contributed by atoms with Gasteiger partial charge >= 0.3 is 5.51 Å². The Morgan fingerprint density at radius 3 is 2.72 bits per heavy atom. The number of imidazole rings is 1. The molecule has 0 atom stereocenters. The summed E-state index contributed by atoms with van der Waals surface area (Å²) in [7, 11) is 2.02. The second-order valence-corrected chi connectivity index (χ2v) is 9.93. The van der Waals surface area contributed by atoms with Gasteiger partial charge in [0.05, 0.1) is 11.8 Å². The molecule has 3 heterocycles. The van der Waals surface area contributed by atoms with Crippen LogP contribution in [-0.4, -0.2) is 75.6 Å². The molecule has 3 N–H and O–H groups in total. The number of H-pyrrole nitrogens is 1. The van der Waals surface area contributed by atoms with Crippen molar-refractivity contribution in [2.24, 2.45) is 0 Å². The minimum atomic E-state index is -4.46. The average molecular weight is 554 g/mol. The van der Waals surface area contributed by atoms with Crippen molar-refractivity contribution in [2.75, 3.05) is 38.5 Å². The molecule has 2 aromatic heterocycles. The molecule has 0 aliphatic carbocycles. The van der Waals surface area contributed by atoms with E-state index in [4.69, 9.17) is 5.41 Å². The van der Waals surface area contributed by atoms with Crippen molar-refractivity contribution in [3.63, 3.8) is 0 Å². The van der Waals surface area contributed by atoms with Gasteiger partial charge in [-0.15, -0.1) is 0 Å². The first-order valence-corrected chi connectivity index (χ1v) is 12.8. The maximum absolute atomic E-state index is 13.3. The van der Waals surface area contributed by atoms with Crippen LogP contribution in [0.3, 0.4) is 0 Å². The zero-order valence-corrected chi connectivity index (χ0v) is 21.9. The molecule has 0 saturated carbocycles. The van der Waals surface area contributed by atoms with Gasteiger partial charge < -0.3 is 20.6 Å². The number of hydrogen-bond donors (Lipinski definition) is 3. The number of carbonyl (C=O) groups excluding carboxylic acids is 1. The zero-order valence-electron chi connectivity index (χ0n) is 21.0. The third kappa shape index (κ3) is 8.54. The molecule has 39 heavy (non-hydrogen) atoms. The molecule has 1 aliphatic rings. The fraction of sp³-hybridized carbons (Fsp3) is 0.259. The Bertz CT molecular complexity index is 1420. The van der Waals surface area contributed by atoms with Gasteiger partial charge in [0.2, 0.25) is 0 Å². The van der Waals surface area contributed by atoms with Crippen LogP contribution >= 0.6 is 11.8 Å². The summed E-state index contributed by atoms with van der Waals surface area (Å²) in [6, 6.07) is 6.16. The third-order valence-corrected chi connectivity index (χ3v) is 6.66. The number of carbonyl (C=O) groups is 1. The number of amides is 1. The minimum absolute atomic E-state index is 0.0614. The lowest BCUT2D eigenvalue weighted by molar-refractivity contribution is -0.0328. The monoisotopic (exact) mass is 553 g/mol. The molecule has 1 aromatic carbocycles. The number of piperazine rings is 1. The van der Waals surface area contributed by atoms with Crippen molar-refractivity contribution >= 4 is 35.6 Å². The second-order valence-electron chi connectivity index (χ2n) is 8.82. The maximum Gasteiger partial charge on any atom is 0.446 e. The number of benzene rings is 1. The van der Waals surface area contributed by atoms with Crippen molar-refractivity contribution in [1.82, 2.24) is 24.8 Å². The molecule has 1 aliphatic heterocycles. The summed E-state index contributed by atoms with van der Waals surface area (Å²) in [6.07, 6.45) is 8.70. The van der Waals surface area contributed by atoms with Crippen LogP contribution in [0.25, 0.3) is 6.08 Å². The fourth-order valence-corrected chi connectivity index (χ4v) is 4.53.